The molecule has 1 aromatic heterocycles. The van der Waals surface area contributed by atoms with Crippen LogP contribution in [0.3, 0.4) is 0 Å². The Labute approximate surface area is 114 Å². The summed E-state index contributed by atoms with van der Waals surface area (Å²) in [6.45, 7) is 4.24. The van der Waals surface area contributed by atoms with E-state index in [1.54, 1.807) is 11.3 Å². The third-order valence-electron chi connectivity index (χ3n) is 3.31. The van der Waals surface area contributed by atoms with Gasteiger partial charge in [-0.05, 0) is 30.7 Å². The zero-order valence-corrected chi connectivity index (χ0v) is 12.6. The molecule has 0 saturated carbocycles. The van der Waals surface area contributed by atoms with Gasteiger partial charge in [-0.25, -0.2) is 13.1 Å². The lowest BCUT2D eigenvalue weighted by atomic mass is 9.95. The van der Waals surface area contributed by atoms with Crippen molar-refractivity contribution in [2.75, 3.05) is 12.3 Å². The molecule has 0 fully saturated rings. The summed E-state index contributed by atoms with van der Waals surface area (Å²) in [5.74, 6) is 0.120. The van der Waals surface area contributed by atoms with Crippen LogP contribution < -0.4 is 10.5 Å². The fraction of sp³-hybridized carbons (Fsp3) is 0.667. The quantitative estimate of drug-likeness (QED) is 0.766. The monoisotopic (exact) mass is 290 g/mol. The van der Waals surface area contributed by atoms with E-state index in [-0.39, 0.29) is 5.75 Å². The van der Waals surface area contributed by atoms with Crippen LogP contribution >= 0.6 is 11.3 Å². The molecule has 3 N–H and O–H groups in total. The highest BCUT2D eigenvalue weighted by Gasteiger charge is 2.29. The molecule has 6 heteroatoms. The van der Waals surface area contributed by atoms with Gasteiger partial charge < -0.3 is 5.73 Å². The molecule has 0 amide bonds. The fourth-order valence-electron chi connectivity index (χ4n) is 1.80. The predicted octanol–water partition coefficient (Wildman–Crippen LogP) is 1.73. The van der Waals surface area contributed by atoms with E-state index in [0.717, 1.165) is 4.88 Å². The SMILES string of the molecule is CCC(CC)(CN)NS(=O)(=O)CCc1cccs1. The Hall–Kier alpha value is -0.430. The van der Waals surface area contributed by atoms with Crippen molar-refractivity contribution in [3.63, 3.8) is 0 Å². The van der Waals surface area contributed by atoms with Gasteiger partial charge in [-0.1, -0.05) is 19.9 Å². The largest absolute Gasteiger partial charge is 0.329 e. The second-order valence-corrected chi connectivity index (χ2v) is 7.32. The van der Waals surface area contributed by atoms with Gasteiger partial charge in [0.15, 0.2) is 0 Å². The molecule has 0 spiro atoms. The number of thiophene rings is 1. The van der Waals surface area contributed by atoms with E-state index in [0.29, 0.717) is 25.8 Å². The van der Waals surface area contributed by atoms with Gasteiger partial charge in [0, 0.05) is 17.0 Å². The van der Waals surface area contributed by atoms with Crippen LogP contribution in [0, 0.1) is 0 Å². The van der Waals surface area contributed by atoms with E-state index in [1.807, 2.05) is 31.4 Å². The molecule has 18 heavy (non-hydrogen) atoms. The molecule has 0 saturated heterocycles. The first-order valence-corrected chi connectivity index (χ1v) is 8.74. The molecule has 0 radical (unpaired) electrons. The first-order valence-electron chi connectivity index (χ1n) is 6.21. The highest BCUT2D eigenvalue weighted by atomic mass is 32.2. The van der Waals surface area contributed by atoms with Crippen molar-refractivity contribution in [3.8, 4) is 0 Å². The number of hydrogen-bond donors (Lipinski definition) is 2. The van der Waals surface area contributed by atoms with Gasteiger partial charge in [0.2, 0.25) is 10.0 Å². The average molecular weight is 290 g/mol. The first kappa shape index (κ1) is 15.6. The number of aryl methyl sites for hydroxylation is 1. The van der Waals surface area contributed by atoms with Crippen LogP contribution in [0.1, 0.15) is 31.6 Å². The molecule has 0 aromatic carbocycles. The number of sulfonamides is 1. The Morgan fingerprint density at radius 3 is 2.50 bits per heavy atom. The minimum atomic E-state index is -3.27. The van der Waals surface area contributed by atoms with Gasteiger partial charge in [-0.2, -0.15) is 0 Å². The molecular formula is C12H22N2O2S2. The lowest BCUT2D eigenvalue weighted by molar-refractivity contribution is 0.363. The third kappa shape index (κ3) is 4.35. The highest BCUT2D eigenvalue weighted by Crippen LogP contribution is 2.16. The van der Waals surface area contributed by atoms with Crippen molar-refractivity contribution < 1.29 is 8.42 Å². The van der Waals surface area contributed by atoms with Gasteiger partial charge >= 0.3 is 0 Å². The zero-order valence-electron chi connectivity index (χ0n) is 11.0. The van der Waals surface area contributed by atoms with Crippen molar-refractivity contribution in [3.05, 3.63) is 22.4 Å². The zero-order chi connectivity index (χ0) is 13.6. The smallest absolute Gasteiger partial charge is 0.212 e. The Morgan fingerprint density at radius 2 is 2.06 bits per heavy atom. The third-order valence-corrected chi connectivity index (χ3v) is 5.74. The van der Waals surface area contributed by atoms with Gasteiger partial charge in [0.25, 0.3) is 0 Å². The summed E-state index contributed by atoms with van der Waals surface area (Å²) in [5.41, 5.74) is 5.21. The average Bonchev–Trinajstić information content (AvgIpc) is 2.87. The van der Waals surface area contributed by atoms with Crippen molar-refractivity contribution in [2.45, 2.75) is 38.6 Å². The second kappa shape index (κ2) is 6.65. The van der Waals surface area contributed by atoms with Gasteiger partial charge in [-0.3, -0.25) is 0 Å². The van der Waals surface area contributed by atoms with Crippen molar-refractivity contribution in [1.82, 2.24) is 4.72 Å². The molecule has 1 heterocycles. The molecular weight excluding hydrogens is 268 g/mol. The molecule has 0 unspecified atom stereocenters. The van der Waals surface area contributed by atoms with Crippen molar-refractivity contribution >= 4 is 21.4 Å². The van der Waals surface area contributed by atoms with E-state index in [9.17, 15) is 8.42 Å². The lowest BCUT2D eigenvalue weighted by Gasteiger charge is -2.30. The molecule has 104 valence electrons. The minimum Gasteiger partial charge on any atom is -0.329 e. The van der Waals surface area contributed by atoms with Gasteiger partial charge in [-0.15, -0.1) is 11.3 Å². The Kier molecular flexibility index (Phi) is 5.78. The normalized spacial score (nSPS) is 12.8. The molecule has 1 rings (SSSR count). The van der Waals surface area contributed by atoms with E-state index in [4.69, 9.17) is 5.73 Å². The fourth-order valence-corrected chi connectivity index (χ4v) is 4.26. The maximum Gasteiger partial charge on any atom is 0.212 e. The summed E-state index contributed by atoms with van der Waals surface area (Å²) in [5, 5.41) is 1.96. The summed E-state index contributed by atoms with van der Waals surface area (Å²) in [7, 11) is -3.27. The topological polar surface area (TPSA) is 72.2 Å². The summed E-state index contributed by atoms with van der Waals surface area (Å²) in [6, 6.07) is 3.89. The van der Waals surface area contributed by atoms with Crippen LogP contribution in [-0.4, -0.2) is 26.3 Å². The lowest BCUT2D eigenvalue weighted by Crippen LogP contribution is -2.53. The number of rotatable bonds is 8. The van der Waals surface area contributed by atoms with E-state index in [2.05, 4.69) is 4.72 Å². The van der Waals surface area contributed by atoms with E-state index < -0.39 is 15.6 Å². The Bertz CT molecular complexity index is 428. The van der Waals surface area contributed by atoms with Crippen LogP contribution in [-0.2, 0) is 16.4 Å². The summed E-state index contributed by atoms with van der Waals surface area (Å²) in [4.78, 5) is 1.09. The number of hydrogen-bond acceptors (Lipinski definition) is 4. The predicted molar refractivity (Wildman–Crippen MR) is 77.3 cm³/mol. The standard InChI is InChI=1S/C12H22N2O2S2/c1-3-12(4-2,10-13)14-18(15,16)9-7-11-6-5-8-17-11/h5-6,8,14H,3-4,7,9-10,13H2,1-2H3. The van der Waals surface area contributed by atoms with Crippen LogP contribution in [0.4, 0.5) is 0 Å². The molecule has 0 aliphatic heterocycles. The summed E-state index contributed by atoms with van der Waals surface area (Å²) < 4.78 is 26.9. The molecule has 0 bridgehead atoms. The second-order valence-electron chi connectivity index (χ2n) is 4.44. The van der Waals surface area contributed by atoms with Gasteiger partial charge in [0.05, 0.1) is 5.75 Å². The van der Waals surface area contributed by atoms with E-state index in [1.165, 1.54) is 0 Å². The number of nitrogens with one attached hydrogen (secondary N) is 1. The summed E-state index contributed by atoms with van der Waals surface area (Å²) >= 11 is 1.58. The number of nitrogens with two attached hydrogens (primary N) is 1. The van der Waals surface area contributed by atoms with Crippen LogP contribution in [0.25, 0.3) is 0 Å². The minimum absolute atomic E-state index is 0.120. The Morgan fingerprint density at radius 1 is 1.39 bits per heavy atom. The van der Waals surface area contributed by atoms with Crippen molar-refractivity contribution in [1.29, 1.82) is 0 Å². The van der Waals surface area contributed by atoms with E-state index >= 15 is 0 Å². The molecule has 0 aliphatic carbocycles. The van der Waals surface area contributed by atoms with Crippen LogP contribution in [0.2, 0.25) is 0 Å². The van der Waals surface area contributed by atoms with Crippen LogP contribution in [0.5, 0.6) is 0 Å². The first-order chi connectivity index (χ1) is 8.47. The maximum atomic E-state index is 12.1. The molecule has 1 aromatic rings. The van der Waals surface area contributed by atoms with Gasteiger partial charge in [0.1, 0.15) is 0 Å². The maximum absolute atomic E-state index is 12.1. The van der Waals surface area contributed by atoms with Crippen LogP contribution in [0.15, 0.2) is 17.5 Å². The molecule has 0 atom stereocenters. The molecule has 4 nitrogen and oxygen atoms in total. The molecule has 0 aliphatic rings. The van der Waals surface area contributed by atoms with Crippen molar-refractivity contribution in [2.24, 2.45) is 5.73 Å². The Balaban J connectivity index is 2.63. The summed E-state index contributed by atoms with van der Waals surface area (Å²) in [6.07, 6.45) is 1.97. The highest BCUT2D eigenvalue weighted by molar-refractivity contribution is 7.89.